The highest BCUT2D eigenvalue weighted by Gasteiger charge is 2.31. The molecule has 1 aliphatic heterocycles. The Kier molecular flexibility index (Phi) is 6.86. The van der Waals surface area contributed by atoms with Gasteiger partial charge in [-0.3, -0.25) is 4.57 Å². The lowest BCUT2D eigenvalue weighted by molar-refractivity contribution is 0.182. The zero-order valence-corrected chi connectivity index (χ0v) is 17.6. The molecule has 8 nitrogen and oxygen atoms in total. The first-order valence-corrected chi connectivity index (χ1v) is 11.4. The third-order valence-corrected chi connectivity index (χ3v) is 7.08. The summed E-state index contributed by atoms with van der Waals surface area (Å²) in [7, 11) is -1.96. The van der Waals surface area contributed by atoms with Crippen molar-refractivity contribution in [2.75, 3.05) is 26.8 Å². The van der Waals surface area contributed by atoms with Gasteiger partial charge in [0.2, 0.25) is 10.0 Å². The average molecular weight is 427 g/mol. The second kappa shape index (κ2) is 9.19. The van der Waals surface area contributed by atoms with Crippen LogP contribution in [0.2, 0.25) is 0 Å². The average Bonchev–Trinajstić information content (AvgIpc) is 3.01. The fourth-order valence-corrected chi connectivity index (χ4v) is 5.25. The van der Waals surface area contributed by atoms with E-state index in [1.54, 1.807) is 17.7 Å². The Morgan fingerprint density at radius 1 is 1.28 bits per heavy atom. The van der Waals surface area contributed by atoms with Gasteiger partial charge >= 0.3 is 5.69 Å². The molecule has 1 fully saturated rings. The third kappa shape index (κ3) is 4.93. The summed E-state index contributed by atoms with van der Waals surface area (Å²) in [4.78, 5) is 12.5. The van der Waals surface area contributed by atoms with E-state index in [2.05, 4.69) is 5.10 Å². The van der Waals surface area contributed by atoms with Crippen molar-refractivity contribution in [3.63, 3.8) is 0 Å². The number of rotatable bonds is 8. The summed E-state index contributed by atoms with van der Waals surface area (Å²) in [6, 6.07) is 5.66. The van der Waals surface area contributed by atoms with Crippen molar-refractivity contribution in [2.45, 2.75) is 44.5 Å². The first-order valence-electron chi connectivity index (χ1n) is 9.74. The summed E-state index contributed by atoms with van der Waals surface area (Å²) in [5.41, 5.74) is 0.268. The van der Waals surface area contributed by atoms with E-state index in [0.29, 0.717) is 57.0 Å². The van der Waals surface area contributed by atoms with Gasteiger partial charge in [0.25, 0.3) is 0 Å². The summed E-state index contributed by atoms with van der Waals surface area (Å²) in [5.74, 6) is 0.0571. The maximum absolute atomic E-state index is 13.4. The van der Waals surface area contributed by atoms with Crippen LogP contribution in [0.4, 0.5) is 4.39 Å². The molecule has 29 heavy (non-hydrogen) atoms. The number of ether oxygens (including phenoxy) is 1. The van der Waals surface area contributed by atoms with Crippen LogP contribution in [0.15, 0.2) is 29.1 Å². The first-order chi connectivity index (χ1) is 13.9. The highest BCUT2D eigenvalue weighted by atomic mass is 32.2. The van der Waals surface area contributed by atoms with E-state index in [-0.39, 0.29) is 17.4 Å². The largest absolute Gasteiger partial charge is 0.383 e. The maximum Gasteiger partial charge on any atom is 0.345 e. The van der Waals surface area contributed by atoms with Gasteiger partial charge < -0.3 is 4.74 Å². The molecule has 1 aromatic heterocycles. The minimum atomic E-state index is -3.53. The minimum absolute atomic E-state index is 0.0204. The van der Waals surface area contributed by atoms with Gasteiger partial charge in [-0.25, -0.2) is 26.6 Å². The number of piperidine rings is 1. The van der Waals surface area contributed by atoms with Gasteiger partial charge in [-0.15, -0.1) is 0 Å². The summed E-state index contributed by atoms with van der Waals surface area (Å²) >= 11 is 0. The Bertz CT molecular complexity index is 994. The van der Waals surface area contributed by atoms with Gasteiger partial charge in [0, 0.05) is 32.7 Å². The number of nitrogens with zero attached hydrogens (tertiary/aromatic N) is 4. The second-order valence-electron chi connectivity index (χ2n) is 7.16. The van der Waals surface area contributed by atoms with Crippen LogP contribution in [-0.2, 0) is 33.6 Å². The zero-order valence-electron chi connectivity index (χ0n) is 16.8. The van der Waals surface area contributed by atoms with Crippen molar-refractivity contribution in [1.82, 2.24) is 18.7 Å². The molecule has 160 valence electrons. The fraction of sp³-hybridized carbons (Fsp3) is 0.579. The van der Waals surface area contributed by atoms with E-state index in [9.17, 15) is 17.6 Å². The summed E-state index contributed by atoms with van der Waals surface area (Å²) in [6.45, 7) is 3.90. The molecule has 0 amide bonds. The molecular formula is C19H27FN4O4S. The molecular weight excluding hydrogens is 399 g/mol. The van der Waals surface area contributed by atoms with Gasteiger partial charge in [0.1, 0.15) is 11.6 Å². The van der Waals surface area contributed by atoms with Crippen LogP contribution in [0.5, 0.6) is 0 Å². The number of sulfonamides is 1. The predicted octanol–water partition coefficient (Wildman–Crippen LogP) is 1.56. The molecule has 0 saturated carbocycles. The lowest BCUT2D eigenvalue weighted by Crippen LogP contribution is -2.39. The number of benzene rings is 1. The summed E-state index contributed by atoms with van der Waals surface area (Å²) in [6.07, 6.45) is 1.17. The Morgan fingerprint density at radius 2 is 2.00 bits per heavy atom. The van der Waals surface area contributed by atoms with E-state index in [4.69, 9.17) is 4.74 Å². The number of hydrogen-bond donors (Lipinski definition) is 0. The predicted molar refractivity (Wildman–Crippen MR) is 107 cm³/mol. The maximum atomic E-state index is 13.4. The van der Waals surface area contributed by atoms with E-state index in [0.717, 1.165) is 0 Å². The zero-order chi connectivity index (χ0) is 21.0. The molecule has 1 saturated heterocycles. The van der Waals surface area contributed by atoms with Crippen molar-refractivity contribution in [2.24, 2.45) is 0 Å². The van der Waals surface area contributed by atoms with Crippen LogP contribution in [0.1, 0.15) is 37.1 Å². The van der Waals surface area contributed by atoms with Crippen molar-refractivity contribution in [3.8, 4) is 0 Å². The topological polar surface area (TPSA) is 86.4 Å². The molecule has 1 aliphatic rings. The first kappa shape index (κ1) is 21.7. The van der Waals surface area contributed by atoms with E-state index < -0.39 is 15.8 Å². The molecule has 0 aliphatic carbocycles. The molecule has 0 bridgehead atoms. The lowest BCUT2D eigenvalue weighted by Gasteiger charge is -2.30. The van der Waals surface area contributed by atoms with Crippen molar-refractivity contribution >= 4 is 10.0 Å². The second-order valence-corrected chi connectivity index (χ2v) is 9.13. The van der Waals surface area contributed by atoms with Crippen LogP contribution in [0.3, 0.4) is 0 Å². The molecule has 0 unspecified atom stereocenters. The third-order valence-electron chi connectivity index (χ3n) is 5.23. The quantitative estimate of drug-likeness (QED) is 0.639. The molecule has 3 rings (SSSR count). The highest BCUT2D eigenvalue weighted by molar-refractivity contribution is 7.88. The van der Waals surface area contributed by atoms with Crippen LogP contribution in [0.25, 0.3) is 0 Å². The summed E-state index contributed by atoms with van der Waals surface area (Å²) in [5, 5.41) is 4.48. The van der Waals surface area contributed by atoms with Gasteiger partial charge in [-0.2, -0.15) is 5.10 Å². The number of aromatic nitrogens is 3. The molecule has 1 aromatic carbocycles. The van der Waals surface area contributed by atoms with E-state index >= 15 is 0 Å². The Morgan fingerprint density at radius 3 is 2.62 bits per heavy atom. The fourth-order valence-electron chi connectivity index (χ4n) is 3.70. The SMILES string of the molecule is CCn1c(C2CCN(S(=O)(=O)Cc3cccc(F)c3)CC2)nn(CCOC)c1=O. The molecule has 0 atom stereocenters. The van der Waals surface area contributed by atoms with Crippen molar-refractivity contribution in [1.29, 1.82) is 0 Å². The van der Waals surface area contributed by atoms with Crippen LogP contribution in [0, 0.1) is 5.82 Å². The number of halogens is 1. The van der Waals surface area contributed by atoms with Gasteiger partial charge in [-0.1, -0.05) is 12.1 Å². The Hall–Kier alpha value is -2.04. The number of methoxy groups -OCH3 is 1. The Labute approximate surface area is 169 Å². The molecule has 0 N–H and O–H groups in total. The summed E-state index contributed by atoms with van der Waals surface area (Å²) < 4.78 is 48.3. The van der Waals surface area contributed by atoms with Gasteiger partial charge in [0.15, 0.2) is 0 Å². The van der Waals surface area contributed by atoms with Gasteiger partial charge in [-0.05, 0) is 37.5 Å². The molecule has 10 heteroatoms. The molecule has 2 heterocycles. The van der Waals surface area contributed by atoms with Crippen molar-refractivity contribution in [3.05, 3.63) is 52.0 Å². The lowest BCUT2D eigenvalue weighted by atomic mass is 9.97. The van der Waals surface area contributed by atoms with Crippen LogP contribution in [-0.4, -0.2) is 53.9 Å². The monoisotopic (exact) mass is 426 g/mol. The van der Waals surface area contributed by atoms with E-state index in [1.807, 2.05) is 6.92 Å². The number of hydrogen-bond acceptors (Lipinski definition) is 5. The standard InChI is InChI=1S/C19H27FN4O4S/c1-3-23-18(21-24(19(23)25)11-12-28-2)16-7-9-22(10-8-16)29(26,27)14-15-5-4-6-17(20)13-15/h4-6,13,16H,3,7-12,14H2,1-2H3. The Balaban J connectivity index is 1.69. The minimum Gasteiger partial charge on any atom is -0.383 e. The van der Waals surface area contributed by atoms with E-state index in [1.165, 1.54) is 27.2 Å². The molecule has 0 radical (unpaired) electrons. The van der Waals surface area contributed by atoms with Crippen LogP contribution >= 0.6 is 0 Å². The van der Waals surface area contributed by atoms with Gasteiger partial charge in [0.05, 0.1) is 18.9 Å². The highest BCUT2D eigenvalue weighted by Crippen LogP contribution is 2.28. The van der Waals surface area contributed by atoms with Crippen molar-refractivity contribution < 1.29 is 17.5 Å². The molecule has 2 aromatic rings. The smallest absolute Gasteiger partial charge is 0.345 e. The molecule has 0 spiro atoms. The van der Waals surface area contributed by atoms with Crippen LogP contribution < -0.4 is 5.69 Å². The normalized spacial score (nSPS) is 16.4.